The molecule has 2 nitrogen and oxygen atoms in total. The summed E-state index contributed by atoms with van der Waals surface area (Å²) < 4.78 is 0. The number of thiophene rings is 1. The lowest BCUT2D eigenvalue weighted by Crippen LogP contribution is -2.19. The Labute approximate surface area is 130 Å². The zero-order valence-electron chi connectivity index (χ0n) is 12.1. The quantitative estimate of drug-likeness (QED) is 0.882. The van der Waals surface area contributed by atoms with Gasteiger partial charge in [-0.2, -0.15) is 0 Å². The molecule has 21 heavy (non-hydrogen) atoms. The molecule has 108 valence electrons. The van der Waals surface area contributed by atoms with Crippen molar-refractivity contribution in [3.05, 3.63) is 57.8 Å². The normalized spacial score (nSPS) is 18.4. The first-order chi connectivity index (χ1) is 10.4. The molecule has 1 saturated heterocycles. The summed E-state index contributed by atoms with van der Waals surface area (Å²) in [5.41, 5.74) is 8.07. The average Bonchev–Trinajstić information content (AvgIpc) is 3.16. The predicted molar refractivity (Wildman–Crippen MR) is 89.3 cm³/mol. The highest BCUT2D eigenvalue weighted by Crippen LogP contribution is 2.29. The van der Waals surface area contributed by atoms with Gasteiger partial charge < -0.3 is 5.73 Å². The predicted octanol–water partition coefficient (Wildman–Crippen LogP) is 3.05. The van der Waals surface area contributed by atoms with Crippen molar-refractivity contribution in [2.45, 2.75) is 18.9 Å². The first-order valence-electron chi connectivity index (χ1n) is 7.39. The van der Waals surface area contributed by atoms with Gasteiger partial charge in [0.25, 0.3) is 0 Å². The van der Waals surface area contributed by atoms with Gasteiger partial charge in [-0.05, 0) is 35.9 Å². The molecule has 2 aromatic rings. The second kappa shape index (κ2) is 6.91. The Hall–Kier alpha value is -1.60. The average molecular weight is 296 g/mol. The zero-order valence-corrected chi connectivity index (χ0v) is 12.9. The topological polar surface area (TPSA) is 29.3 Å². The second-order valence-corrected chi connectivity index (χ2v) is 6.40. The van der Waals surface area contributed by atoms with E-state index in [2.05, 4.69) is 58.5 Å². The molecule has 1 atom stereocenters. The van der Waals surface area contributed by atoms with Crippen LogP contribution in [0.15, 0.2) is 41.8 Å². The Balaban J connectivity index is 1.64. The number of rotatable bonds is 3. The van der Waals surface area contributed by atoms with E-state index in [4.69, 9.17) is 5.73 Å². The Morgan fingerprint density at radius 2 is 2.10 bits per heavy atom. The van der Waals surface area contributed by atoms with Gasteiger partial charge in [-0.3, -0.25) is 4.90 Å². The van der Waals surface area contributed by atoms with Crippen molar-refractivity contribution in [3.8, 4) is 11.8 Å². The minimum Gasteiger partial charge on any atom is -0.320 e. The van der Waals surface area contributed by atoms with Crippen molar-refractivity contribution in [1.29, 1.82) is 0 Å². The molecule has 2 N–H and O–H groups in total. The standard InChI is InChI=1S/C18H20N2S/c19-10-4-7-16-9-12-21-18(16)14-20-11-8-17(13-20)15-5-2-1-3-6-15/h1-3,5-6,9,12,17H,8,10-11,13-14,19H2. The second-order valence-electron chi connectivity index (χ2n) is 5.39. The van der Waals surface area contributed by atoms with E-state index in [1.807, 2.05) is 0 Å². The van der Waals surface area contributed by atoms with Gasteiger partial charge in [0.05, 0.1) is 6.54 Å². The largest absolute Gasteiger partial charge is 0.320 e. The summed E-state index contributed by atoms with van der Waals surface area (Å²) in [5, 5.41) is 2.13. The Bertz CT molecular complexity index is 636. The third-order valence-electron chi connectivity index (χ3n) is 3.98. The van der Waals surface area contributed by atoms with Crippen molar-refractivity contribution in [2.75, 3.05) is 19.6 Å². The van der Waals surface area contributed by atoms with Crippen molar-refractivity contribution >= 4 is 11.3 Å². The molecular weight excluding hydrogens is 276 g/mol. The van der Waals surface area contributed by atoms with E-state index in [0.717, 1.165) is 18.7 Å². The van der Waals surface area contributed by atoms with E-state index in [-0.39, 0.29) is 0 Å². The van der Waals surface area contributed by atoms with Crippen molar-refractivity contribution < 1.29 is 0 Å². The Morgan fingerprint density at radius 1 is 1.24 bits per heavy atom. The van der Waals surface area contributed by atoms with Gasteiger partial charge in [0, 0.05) is 23.5 Å². The zero-order chi connectivity index (χ0) is 14.5. The summed E-state index contributed by atoms with van der Waals surface area (Å²) in [7, 11) is 0. The maximum atomic E-state index is 5.46. The summed E-state index contributed by atoms with van der Waals surface area (Å²) in [6, 6.07) is 13.0. The van der Waals surface area contributed by atoms with Crippen LogP contribution in [0.5, 0.6) is 0 Å². The fourth-order valence-electron chi connectivity index (χ4n) is 2.90. The van der Waals surface area contributed by atoms with E-state index in [1.54, 1.807) is 11.3 Å². The molecule has 0 amide bonds. The molecule has 3 rings (SSSR count). The van der Waals surface area contributed by atoms with Crippen LogP contribution in [-0.2, 0) is 6.54 Å². The van der Waals surface area contributed by atoms with Crippen LogP contribution in [0.1, 0.15) is 28.3 Å². The van der Waals surface area contributed by atoms with E-state index in [9.17, 15) is 0 Å². The van der Waals surface area contributed by atoms with Crippen LogP contribution in [0.25, 0.3) is 0 Å². The first-order valence-corrected chi connectivity index (χ1v) is 8.27. The summed E-state index contributed by atoms with van der Waals surface area (Å²) in [6.45, 7) is 3.75. The monoisotopic (exact) mass is 296 g/mol. The van der Waals surface area contributed by atoms with Gasteiger partial charge in [-0.1, -0.05) is 42.2 Å². The minimum atomic E-state index is 0.426. The molecule has 0 spiro atoms. The van der Waals surface area contributed by atoms with Crippen LogP contribution in [-0.4, -0.2) is 24.5 Å². The fourth-order valence-corrected chi connectivity index (χ4v) is 3.77. The number of hydrogen-bond acceptors (Lipinski definition) is 3. The summed E-state index contributed by atoms with van der Waals surface area (Å²) in [5.74, 6) is 6.81. The molecule has 0 saturated carbocycles. The van der Waals surface area contributed by atoms with E-state index in [1.165, 1.54) is 23.4 Å². The molecule has 3 heteroatoms. The fraction of sp³-hybridized carbons (Fsp3) is 0.333. The molecule has 1 fully saturated rings. The minimum absolute atomic E-state index is 0.426. The van der Waals surface area contributed by atoms with Crippen molar-refractivity contribution in [2.24, 2.45) is 5.73 Å². The lowest BCUT2D eigenvalue weighted by Gasteiger charge is -2.15. The van der Waals surface area contributed by atoms with Gasteiger partial charge in [-0.25, -0.2) is 0 Å². The number of nitrogens with two attached hydrogens (primary N) is 1. The molecule has 1 aliphatic rings. The van der Waals surface area contributed by atoms with Gasteiger partial charge in [0.2, 0.25) is 0 Å². The Kier molecular flexibility index (Phi) is 4.72. The molecule has 2 heterocycles. The smallest absolute Gasteiger partial charge is 0.0555 e. The number of likely N-dealkylation sites (tertiary alicyclic amines) is 1. The first kappa shape index (κ1) is 14.3. The highest BCUT2D eigenvalue weighted by atomic mass is 32.1. The van der Waals surface area contributed by atoms with Crippen LogP contribution in [0, 0.1) is 11.8 Å². The molecule has 0 aliphatic carbocycles. The molecule has 1 aromatic heterocycles. The number of nitrogens with zero attached hydrogens (tertiary/aromatic N) is 1. The van der Waals surface area contributed by atoms with Crippen LogP contribution in [0.2, 0.25) is 0 Å². The third-order valence-corrected chi connectivity index (χ3v) is 4.89. The highest BCUT2D eigenvalue weighted by molar-refractivity contribution is 7.10. The van der Waals surface area contributed by atoms with E-state index in [0.29, 0.717) is 12.5 Å². The maximum absolute atomic E-state index is 5.46. The van der Waals surface area contributed by atoms with Crippen LogP contribution < -0.4 is 5.73 Å². The molecule has 0 bridgehead atoms. The SMILES string of the molecule is NCC#Cc1ccsc1CN1CCC(c2ccccc2)C1. The summed E-state index contributed by atoms with van der Waals surface area (Å²) in [4.78, 5) is 3.90. The summed E-state index contributed by atoms with van der Waals surface area (Å²) >= 11 is 1.80. The number of hydrogen-bond donors (Lipinski definition) is 1. The highest BCUT2D eigenvalue weighted by Gasteiger charge is 2.24. The van der Waals surface area contributed by atoms with Gasteiger partial charge in [0.15, 0.2) is 0 Å². The van der Waals surface area contributed by atoms with Gasteiger partial charge in [-0.15, -0.1) is 11.3 Å². The third kappa shape index (κ3) is 3.54. The molecule has 1 aliphatic heterocycles. The molecule has 1 unspecified atom stereocenters. The van der Waals surface area contributed by atoms with E-state index < -0.39 is 0 Å². The van der Waals surface area contributed by atoms with Crippen molar-refractivity contribution in [1.82, 2.24) is 4.90 Å². The molecule has 1 aromatic carbocycles. The van der Waals surface area contributed by atoms with Crippen LogP contribution >= 0.6 is 11.3 Å². The lowest BCUT2D eigenvalue weighted by atomic mass is 9.99. The molecule has 0 radical (unpaired) electrons. The van der Waals surface area contributed by atoms with Crippen LogP contribution in [0.4, 0.5) is 0 Å². The number of benzene rings is 1. The summed E-state index contributed by atoms with van der Waals surface area (Å²) in [6.07, 6.45) is 1.25. The molecular formula is C18H20N2S. The van der Waals surface area contributed by atoms with Crippen LogP contribution in [0.3, 0.4) is 0 Å². The van der Waals surface area contributed by atoms with Crippen molar-refractivity contribution in [3.63, 3.8) is 0 Å². The van der Waals surface area contributed by atoms with Gasteiger partial charge in [0.1, 0.15) is 0 Å². The lowest BCUT2D eigenvalue weighted by molar-refractivity contribution is 0.329. The van der Waals surface area contributed by atoms with Gasteiger partial charge >= 0.3 is 0 Å². The maximum Gasteiger partial charge on any atom is 0.0555 e. The van der Waals surface area contributed by atoms with E-state index >= 15 is 0 Å². The Morgan fingerprint density at radius 3 is 2.90 bits per heavy atom.